The number of para-hydroxylation sites is 1. The van der Waals surface area contributed by atoms with E-state index < -0.39 is 0 Å². The van der Waals surface area contributed by atoms with E-state index in [1.807, 2.05) is 30.3 Å². The average molecular weight is 353 g/mol. The lowest BCUT2D eigenvalue weighted by Crippen LogP contribution is -2.13. The van der Waals surface area contributed by atoms with E-state index in [4.69, 9.17) is 4.74 Å². The van der Waals surface area contributed by atoms with Crippen molar-refractivity contribution >= 4 is 15.9 Å². The van der Waals surface area contributed by atoms with Crippen LogP contribution >= 0.6 is 15.9 Å². The molecule has 1 atom stereocenters. The highest BCUT2D eigenvalue weighted by molar-refractivity contribution is 9.10. The maximum atomic E-state index is 13.4. The predicted octanol–water partition coefficient (Wildman–Crippen LogP) is 3.99. The van der Waals surface area contributed by atoms with Gasteiger partial charge in [0.05, 0.1) is 7.11 Å². The van der Waals surface area contributed by atoms with Crippen molar-refractivity contribution < 1.29 is 14.2 Å². The molecule has 0 spiro atoms. The summed E-state index contributed by atoms with van der Waals surface area (Å²) in [6.45, 7) is 0.0478. The Morgan fingerprint density at radius 2 is 1.95 bits per heavy atom. The van der Waals surface area contributed by atoms with Gasteiger partial charge >= 0.3 is 0 Å². The van der Waals surface area contributed by atoms with Crippen molar-refractivity contribution in [2.45, 2.75) is 12.8 Å². The normalized spacial score (nSPS) is 12.2. The first-order chi connectivity index (χ1) is 10.1. The molecule has 2 rings (SSSR count). The highest BCUT2D eigenvalue weighted by Gasteiger charge is 2.13. The van der Waals surface area contributed by atoms with Gasteiger partial charge in [0.2, 0.25) is 0 Å². The fourth-order valence-electron chi connectivity index (χ4n) is 2.45. The smallest absolute Gasteiger partial charge is 0.124 e. The van der Waals surface area contributed by atoms with Gasteiger partial charge in [-0.05, 0) is 54.2 Å². The van der Waals surface area contributed by atoms with Gasteiger partial charge in [-0.3, -0.25) is 0 Å². The molecule has 112 valence electrons. The number of aliphatic hydroxyl groups is 1. The molecule has 1 unspecified atom stereocenters. The first kappa shape index (κ1) is 16.0. The first-order valence-corrected chi connectivity index (χ1v) is 7.59. The Hall–Kier alpha value is -1.39. The van der Waals surface area contributed by atoms with Crippen LogP contribution in [0.3, 0.4) is 0 Å². The Morgan fingerprint density at radius 3 is 2.62 bits per heavy atom. The van der Waals surface area contributed by atoms with Crippen LogP contribution in [-0.2, 0) is 12.8 Å². The molecule has 1 N–H and O–H groups in total. The number of ether oxygens (including phenoxy) is 1. The zero-order valence-electron chi connectivity index (χ0n) is 11.9. The van der Waals surface area contributed by atoms with Crippen LogP contribution in [0.2, 0.25) is 0 Å². The fraction of sp³-hybridized carbons (Fsp3) is 0.294. The molecule has 0 aliphatic rings. The second-order valence-corrected chi connectivity index (χ2v) is 5.96. The Labute approximate surface area is 132 Å². The third-order valence-electron chi connectivity index (χ3n) is 3.41. The molecular formula is C17H18BrFO2. The van der Waals surface area contributed by atoms with E-state index in [0.29, 0.717) is 17.3 Å². The fourth-order valence-corrected chi connectivity index (χ4v) is 2.96. The van der Waals surface area contributed by atoms with E-state index in [9.17, 15) is 9.50 Å². The molecule has 0 saturated heterocycles. The molecule has 2 aromatic rings. The minimum absolute atomic E-state index is 0.0231. The Kier molecular flexibility index (Phi) is 5.76. The highest BCUT2D eigenvalue weighted by atomic mass is 79.9. The highest BCUT2D eigenvalue weighted by Crippen LogP contribution is 2.24. The molecule has 0 radical (unpaired) electrons. The quantitative estimate of drug-likeness (QED) is 0.851. The summed E-state index contributed by atoms with van der Waals surface area (Å²) < 4.78 is 19.5. The monoisotopic (exact) mass is 352 g/mol. The standard InChI is InChI=1S/C17H18BrFO2/c1-21-17-5-3-2-4-14(17)7-13(11-20)6-12-8-15(18)10-16(19)9-12/h2-5,8-10,13,20H,6-7,11H2,1H3. The third kappa shape index (κ3) is 4.55. The lowest BCUT2D eigenvalue weighted by molar-refractivity contribution is 0.224. The molecule has 21 heavy (non-hydrogen) atoms. The summed E-state index contributed by atoms with van der Waals surface area (Å²) in [5.41, 5.74) is 1.92. The van der Waals surface area contributed by atoms with Gasteiger partial charge in [0, 0.05) is 11.1 Å². The van der Waals surface area contributed by atoms with E-state index in [1.165, 1.54) is 12.1 Å². The Balaban J connectivity index is 2.13. The summed E-state index contributed by atoms with van der Waals surface area (Å²) in [6.07, 6.45) is 1.31. The molecule has 2 nitrogen and oxygen atoms in total. The minimum Gasteiger partial charge on any atom is -0.496 e. The molecule has 0 bridgehead atoms. The van der Waals surface area contributed by atoms with Crippen molar-refractivity contribution in [1.82, 2.24) is 0 Å². The molecular weight excluding hydrogens is 335 g/mol. The van der Waals surface area contributed by atoms with Crippen LogP contribution in [0.25, 0.3) is 0 Å². The van der Waals surface area contributed by atoms with Crippen molar-refractivity contribution in [1.29, 1.82) is 0 Å². The van der Waals surface area contributed by atoms with E-state index in [-0.39, 0.29) is 18.3 Å². The SMILES string of the molecule is COc1ccccc1CC(CO)Cc1cc(F)cc(Br)c1. The summed E-state index contributed by atoms with van der Waals surface area (Å²) in [6, 6.07) is 12.6. The number of methoxy groups -OCH3 is 1. The van der Waals surface area contributed by atoms with Crippen molar-refractivity contribution in [2.24, 2.45) is 5.92 Å². The van der Waals surface area contributed by atoms with Gasteiger partial charge < -0.3 is 9.84 Å². The maximum Gasteiger partial charge on any atom is 0.124 e. The molecule has 0 heterocycles. The van der Waals surface area contributed by atoms with Gasteiger partial charge in [0.25, 0.3) is 0 Å². The van der Waals surface area contributed by atoms with Gasteiger partial charge in [-0.25, -0.2) is 4.39 Å². The first-order valence-electron chi connectivity index (χ1n) is 6.80. The second kappa shape index (κ2) is 7.57. The van der Waals surface area contributed by atoms with E-state index in [0.717, 1.165) is 16.9 Å². The topological polar surface area (TPSA) is 29.5 Å². The zero-order chi connectivity index (χ0) is 15.2. The number of benzene rings is 2. The van der Waals surface area contributed by atoms with Gasteiger partial charge in [-0.1, -0.05) is 34.1 Å². The minimum atomic E-state index is -0.270. The zero-order valence-corrected chi connectivity index (χ0v) is 13.4. The summed E-state index contributed by atoms with van der Waals surface area (Å²) in [5.74, 6) is 0.569. The van der Waals surface area contributed by atoms with Crippen molar-refractivity contribution in [2.75, 3.05) is 13.7 Å². The third-order valence-corrected chi connectivity index (χ3v) is 3.86. The average Bonchev–Trinajstić information content (AvgIpc) is 2.46. The Morgan fingerprint density at radius 1 is 1.19 bits per heavy atom. The molecule has 0 fully saturated rings. The summed E-state index contributed by atoms with van der Waals surface area (Å²) >= 11 is 3.29. The van der Waals surface area contributed by atoms with Gasteiger partial charge in [0.1, 0.15) is 11.6 Å². The van der Waals surface area contributed by atoms with Crippen LogP contribution in [0, 0.1) is 11.7 Å². The van der Waals surface area contributed by atoms with Crippen molar-refractivity contribution in [3.8, 4) is 5.75 Å². The summed E-state index contributed by atoms with van der Waals surface area (Å²) in [4.78, 5) is 0. The lowest BCUT2D eigenvalue weighted by atomic mass is 9.93. The number of hydrogen-bond donors (Lipinski definition) is 1. The van der Waals surface area contributed by atoms with Crippen molar-refractivity contribution in [3.63, 3.8) is 0 Å². The Bertz CT molecular complexity index is 581. The molecule has 0 saturated carbocycles. The summed E-state index contributed by atoms with van der Waals surface area (Å²) in [7, 11) is 1.64. The van der Waals surface area contributed by atoms with E-state index >= 15 is 0 Å². The number of halogens is 2. The number of rotatable bonds is 6. The molecule has 2 aromatic carbocycles. The maximum absolute atomic E-state index is 13.4. The van der Waals surface area contributed by atoms with Crippen LogP contribution in [0.1, 0.15) is 11.1 Å². The molecule has 0 aliphatic carbocycles. The van der Waals surface area contributed by atoms with Crippen molar-refractivity contribution in [3.05, 3.63) is 63.9 Å². The molecule has 0 aliphatic heterocycles. The second-order valence-electron chi connectivity index (χ2n) is 5.05. The van der Waals surface area contributed by atoms with Crippen LogP contribution in [0.4, 0.5) is 4.39 Å². The summed E-state index contributed by atoms with van der Waals surface area (Å²) in [5, 5.41) is 9.60. The lowest BCUT2D eigenvalue weighted by Gasteiger charge is -2.16. The molecule has 0 amide bonds. The van der Waals surface area contributed by atoms with Crippen LogP contribution in [-0.4, -0.2) is 18.8 Å². The van der Waals surface area contributed by atoms with E-state index in [2.05, 4.69) is 15.9 Å². The predicted molar refractivity (Wildman–Crippen MR) is 85.1 cm³/mol. The van der Waals surface area contributed by atoms with Crippen LogP contribution in [0.5, 0.6) is 5.75 Å². The number of aliphatic hydroxyl groups excluding tert-OH is 1. The molecule has 0 aromatic heterocycles. The number of hydrogen-bond acceptors (Lipinski definition) is 2. The largest absolute Gasteiger partial charge is 0.496 e. The van der Waals surface area contributed by atoms with Crippen LogP contribution < -0.4 is 4.74 Å². The van der Waals surface area contributed by atoms with Gasteiger partial charge in [0.15, 0.2) is 0 Å². The van der Waals surface area contributed by atoms with E-state index in [1.54, 1.807) is 7.11 Å². The molecule has 4 heteroatoms. The van der Waals surface area contributed by atoms with Gasteiger partial charge in [-0.15, -0.1) is 0 Å². The van der Waals surface area contributed by atoms with Gasteiger partial charge in [-0.2, -0.15) is 0 Å². The van der Waals surface area contributed by atoms with Crippen LogP contribution in [0.15, 0.2) is 46.9 Å².